The molecule has 0 saturated carbocycles. The van der Waals surface area contributed by atoms with Crippen LogP contribution < -0.4 is 5.73 Å². The van der Waals surface area contributed by atoms with Gasteiger partial charge in [-0.2, -0.15) is 13.2 Å². The standard InChI is InChI=1S/C14H11F4N/c15-13-7-10(4-5-11(13)8-19)9-2-1-3-12(6-9)14(16,17)18/h1-7H,8,19H2. The molecule has 0 fully saturated rings. The van der Waals surface area contributed by atoms with Crippen LogP contribution in [0.25, 0.3) is 11.1 Å². The van der Waals surface area contributed by atoms with Crippen LogP contribution in [0.1, 0.15) is 11.1 Å². The summed E-state index contributed by atoms with van der Waals surface area (Å²) in [6.45, 7) is 0.0503. The Bertz CT molecular complexity index is 590. The summed E-state index contributed by atoms with van der Waals surface area (Å²) in [5.74, 6) is -0.516. The van der Waals surface area contributed by atoms with E-state index in [-0.39, 0.29) is 6.54 Å². The molecule has 100 valence electrons. The molecule has 0 spiro atoms. The average Bonchev–Trinajstić information content (AvgIpc) is 2.38. The van der Waals surface area contributed by atoms with Crippen LogP contribution in [0.5, 0.6) is 0 Å². The molecule has 0 unspecified atom stereocenters. The van der Waals surface area contributed by atoms with Crippen LogP contribution in [0.2, 0.25) is 0 Å². The molecule has 0 aliphatic carbocycles. The molecule has 0 saturated heterocycles. The third-order valence-corrected chi connectivity index (χ3v) is 2.80. The minimum atomic E-state index is -4.41. The van der Waals surface area contributed by atoms with Gasteiger partial charge >= 0.3 is 6.18 Å². The Kier molecular flexibility index (Phi) is 3.57. The van der Waals surface area contributed by atoms with Gasteiger partial charge in [-0.3, -0.25) is 0 Å². The van der Waals surface area contributed by atoms with Crippen LogP contribution in [0.3, 0.4) is 0 Å². The van der Waals surface area contributed by atoms with E-state index in [4.69, 9.17) is 5.73 Å². The Hall–Kier alpha value is -1.88. The second-order valence-corrected chi connectivity index (χ2v) is 4.09. The van der Waals surface area contributed by atoms with E-state index in [0.29, 0.717) is 16.7 Å². The summed E-state index contributed by atoms with van der Waals surface area (Å²) in [6, 6.07) is 9.01. The van der Waals surface area contributed by atoms with Crippen molar-refractivity contribution in [3.8, 4) is 11.1 Å². The lowest BCUT2D eigenvalue weighted by molar-refractivity contribution is -0.137. The maximum atomic E-state index is 13.6. The molecule has 0 radical (unpaired) electrons. The fourth-order valence-corrected chi connectivity index (χ4v) is 1.77. The predicted octanol–water partition coefficient (Wildman–Crippen LogP) is 3.97. The molecule has 19 heavy (non-hydrogen) atoms. The van der Waals surface area contributed by atoms with Crippen molar-refractivity contribution in [2.24, 2.45) is 5.73 Å². The summed E-state index contributed by atoms with van der Waals surface area (Å²) in [5, 5.41) is 0. The van der Waals surface area contributed by atoms with Gasteiger partial charge in [0.25, 0.3) is 0 Å². The van der Waals surface area contributed by atoms with Gasteiger partial charge < -0.3 is 5.73 Å². The maximum absolute atomic E-state index is 13.6. The molecule has 0 aromatic heterocycles. The molecule has 0 aliphatic heterocycles. The predicted molar refractivity (Wildman–Crippen MR) is 64.7 cm³/mol. The molecule has 0 atom stereocenters. The molecule has 2 aromatic rings. The molecule has 2 aromatic carbocycles. The number of hydrogen-bond donors (Lipinski definition) is 1. The Balaban J connectivity index is 2.45. The van der Waals surface area contributed by atoms with Crippen LogP contribution in [0.4, 0.5) is 17.6 Å². The summed E-state index contributed by atoms with van der Waals surface area (Å²) in [4.78, 5) is 0. The van der Waals surface area contributed by atoms with Gasteiger partial charge in [0.1, 0.15) is 5.82 Å². The minimum absolute atomic E-state index is 0.0503. The first-order chi connectivity index (χ1) is 8.91. The van der Waals surface area contributed by atoms with Crippen molar-refractivity contribution < 1.29 is 17.6 Å². The van der Waals surface area contributed by atoms with Crippen molar-refractivity contribution in [3.63, 3.8) is 0 Å². The van der Waals surface area contributed by atoms with E-state index in [1.807, 2.05) is 0 Å². The minimum Gasteiger partial charge on any atom is -0.326 e. The van der Waals surface area contributed by atoms with Crippen LogP contribution in [-0.2, 0) is 12.7 Å². The van der Waals surface area contributed by atoms with Gasteiger partial charge in [-0.25, -0.2) is 4.39 Å². The number of benzene rings is 2. The van der Waals surface area contributed by atoms with Gasteiger partial charge in [0.15, 0.2) is 0 Å². The summed E-state index contributed by atoms with van der Waals surface area (Å²) >= 11 is 0. The molecule has 2 rings (SSSR count). The maximum Gasteiger partial charge on any atom is 0.416 e. The van der Waals surface area contributed by atoms with Crippen molar-refractivity contribution in [2.75, 3.05) is 0 Å². The van der Waals surface area contributed by atoms with Crippen molar-refractivity contribution in [1.82, 2.24) is 0 Å². The van der Waals surface area contributed by atoms with E-state index >= 15 is 0 Å². The van der Waals surface area contributed by atoms with E-state index in [2.05, 4.69) is 0 Å². The van der Waals surface area contributed by atoms with E-state index < -0.39 is 17.6 Å². The molecule has 0 bridgehead atoms. The smallest absolute Gasteiger partial charge is 0.326 e. The van der Waals surface area contributed by atoms with Crippen molar-refractivity contribution in [3.05, 3.63) is 59.4 Å². The Morgan fingerprint density at radius 1 is 0.947 bits per heavy atom. The SMILES string of the molecule is NCc1ccc(-c2cccc(C(F)(F)F)c2)cc1F. The summed E-state index contributed by atoms with van der Waals surface area (Å²) in [7, 11) is 0. The van der Waals surface area contributed by atoms with Gasteiger partial charge in [0.2, 0.25) is 0 Å². The van der Waals surface area contributed by atoms with Gasteiger partial charge in [0.05, 0.1) is 5.56 Å². The number of halogens is 4. The molecule has 0 aliphatic rings. The highest BCUT2D eigenvalue weighted by Crippen LogP contribution is 2.32. The largest absolute Gasteiger partial charge is 0.416 e. The molecule has 0 heterocycles. The molecular formula is C14H11F4N. The molecule has 0 amide bonds. The zero-order valence-corrected chi connectivity index (χ0v) is 9.84. The van der Waals surface area contributed by atoms with Crippen molar-refractivity contribution in [1.29, 1.82) is 0 Å². The molecule has 2 N–H and O–H groups in total. The highest BCUT2D eigenvalue weighted by atomic mass is 19.4. The molecule has 1 nitrogen and oxygen atoms in total. The third-order valence-electron chi connectivity index (χ3n) is 2.80. The number of nitrogens with two attached hydrogens (primary N) is 1. The van der Waals surface area contributed by atoms with Crippen molar-refractivity contribution >= 4 is 0 Å². The first kappa shape index (κ1) is 13.5. The lowest BCUT2D eigenvalue weighted by Gasteiger charge is -2.09. The van der Waals surface area contributed by atoms with Gasteiger partial charge in [-0.1, -0.05) is 24.3 Å². The Labute approximate surface area is 107 Å². The quantitative estimate of drug-likeness (QED) is 0.820. The average molecular weight is 269 g/mol. The fourth-order valence-electron chi connectivity index (χ4n) is 1.77. The number of alkyl halides is 3. The summed E-state index contributed by atoms with van der Waals surface area (Å²) in [5.41, 5.74) is 5.61. The van der Waals surface area contributed by atoms with Gasteiger partial charge in [-0.05, 0) is 29.3 Å². The summed E-state index contributed by atoms with van der Waals surface area (Å²) in [6.07, 6.45) is -4.41. The van der Waals surface area contributed by atoms with E-state index in [1.165, 1.54) is 24.3 Å². The highest BCUT2D eigenvalue weighted by molar-refractivity contribution is 5.64. The van der Waals surface area contributed by atoms with E-state index in [1.54, 1.807) is 6.07 Å². The van der Waals surface area contributed by atoms with Crippen molar-refractivity contribution in [2.45, 2.75) is 12.7 Å². The Morgan fingerprint density at radius 2 is 1.63 bits per heavy atom. The van der Waals surface area contributed by atoms with Gasteiger partial charge in [0, 0.05) is 12.1 Å². The van der Waals surface area contributed by atoms with E-state index in [0.717, 1.165) is 12.1 Å². The lowest BCUT2D eigenvalue weighted by Crippen LogP contribution is -2.04. The molecule has 5 heteroatoms. The first-order valence-corrected chi connectivity index (χ1v) is 5.58. The first-order valence-electron chi connectivity index (χ1n) is 5.58. The zero-order valence-electron chi connectivity index (χ0n) is 9.84. The zero-order chi connectivity index (χ0) is 14.0. The Morgan fingerprint density at radius 3 is 2.21 bits per heavy atom. The lowest BCUT2D eigenvalue weighted by atomic mass is 10.0. The van der Waals surface area contributed by atoms with Crippen LogP contribution in [0, 0.1) is 5.82 Å². The fraction of sp³-hybridized carbons (Fsp3) is 0.143. The third kappa shape index (κ3) is 2.93. The summed E-state index contributed by atoms with van der Waals surface area (Å²) < 4.78 is 51.3. The number of hydrogen-bond acceptors (Lipinski definition) is 1. The normalized spacial score (nSPS) is 11.6. The second kappa shape index (κ2) is 5.01. The van der Waals surface area contributed by atoms with Crippen LogP contribution in [0.15, 0.2) is 42.5 Å². The van der Waals surface area contributed by atoms with Gasteiger partial charge in [-0.15, -0.1) is 0 Å². The monoisotopic (exact) mass is 269 g/mol. The van der Waals surface area contributed by atoms with Crippen LogP contribution >= 0.6 is 0 Å². The second-order valence-electron chi connectivity index (χ2n) is 4.09. The number of rotatable bonds is 2. The van der Waals surface area contributed by atoms with Crippen LogP contribution in [-0.4, -0.2) is 0 Å². The highest BCUT2D eigenvalue weighted by Gasteiger charge is 2.30. The topological polar surface area (TPSA) is 26.0 Å². The molecular weight excluding hydrogens is 258 g/mol. The van der Waals surface area contributed by atoms with E-state index in [9.17, 15) is 17.6 Å².